The van der Waals surface area contributed by atoms with Crippen molar-refractivity contribution in [1.29, 1.82) is 0 Å². The van der Waals surface area contributed by atoms with Gasteiger partial charge in [0.25, 0.3) is 5.91 Å². The Morgan fingerprint density at radius 3 is 2.44 bits per heavy atom. The van der Waals surface area contributed by atoms with E-state index in [0.717, 1.165) is 42.8 Å². The van der Waals surface area contributed by atoms with E-state index in [1.807, 2.05) is 65.3 Å². The molecule has 3 aliphatic heterocycles. The van der Waals surface area contributed by atoms with Crippen LogP contribution in [0.15, 0.2) is 72.1 Å². The van der Waals surface area contributed by atoms with E-state index in [9.17, 15) is 4.79 Å². The molecule has 1 saturated heterocycles. The van der Waals surface area contributed by atoms with E-state index in [2.05, 4.69) is 22.8 Å². The van der Waals surface area contributed by atoms with Crippen LogP contribution in [-0.4, -0.2) is 59.8 Å². The van der Waals surface area contributed by atoms with Gasteiger partial charge in [-0.05, 0) is 49.5 Å². The Bertz CT molecular complexity index is 1090. The Balaban J connectivity index is 1.56. The molecule has 2 aromatic carbocycles. The number of nitrogens with one attached hydrogen (secondary N) is 2. The Hall–Kier alpha value is -2.94. The largest absolute Gasteiger partial charge is 0.382 e. The van der Waals surface area contributed by atoms with Gasteiger partial charge in [-0.1, -0.05) is 60.7 Å². The zero-order valence-electron chi connectivity index (χ0n) is 20.7. The number of thiocarbonyl (C=S) groups is 1. The second-order valence-electron chi connectivity index (χ2n) is 9.31. The predicted octanol–water partition coefficient (Wildman–Crippen LogP) is 3.87. The molecule has 1 amide bonds. The van der Waals surface area contributed by atoms with Gasteiger partial charge >= 0.3 is 0 Å². The van der Waals surface area contributed by atoms with Crippen LogP contribution in [0.1, 0.15) is 49.5 Å². The van der Waals surface area contributed by atoms with Crippen molar-refractivity contribution >= 4 is 23.2 Å². The fourth-order valence-electron chi connectivity index (χ4n) is 5.19. The van der Waals surface area contributed by atoms with Crippen molar-refractivity contribution in [2.75, 3.05) is 32.9 Å². The summed E-state index contributed by atoms with van der Waals surface area (Å²) in [4.78, 5) is 18.3. The van der Waals surface area contributed by atoms with Gasteiger partial charge in [-0.15, -0.1) is 0 Å². The van der Waals surface area contributed by atoms with Gasteiger partial charge in [-0.25, -0.2) is 0 Å². The number of hydrogen-bond donors (Lipinski definition) is 2. The molecule has 5 rings (SSSR count). The zero-order chi connectivity index (χ0) is 24.9. The monoisotopic (exact) mass is 506 g/mol. The minimum atomic E-state index is -0.333. The third-order valence-corrected chi connectivity index (χ3v) is 7.29. The summed E-state index contributed by atoms with van der Waals surface area (Å²) in [6, 6.07) is 19.8. The summed E-state index contributed by atoms with van der Waals surface area (Å²) in [7, 11) is 0. The lowest BCUT2D eigenvalue weighted by molar-refractivity contribution is -0.132. The van der Waals surface area contributed by atoms with Gasteiger partial charge in [0.15, 0.2) is 5.11 Å². The van der Waals surface area contributed by atoms with Crippen molar-refractivity contribution in [3.8, 4) is 0 Å². The third-order valence-electron chi connectivity index (χ3n) is 6.95. The van der Waals surface area contributed by atoms with Crippen LogP contribution in [0.5, 0.6) is 0 Å². The van der Waals surface area contributed by atoms with Crippen LogP contribution >= 0.6 is 12.2 Å². The third kappa shape index (κ3) is 5.12. The van der Waals surface area contributed by atoms with Crippen LogP contribution in [0.4, 0.5) is 0 Å². The van der Waals surface area contributed by atoms with E-state index >= 15 is 0 Å². The summed E-state index contributed by atoms with van der Waals surface area (Å²) in [6.07, 6.45) is 2.58. The zero-order valence-corrected chi connectivity index (χ0v) is 21.5. The van der Waals surface area contributed by atoms with Crippen molar-refractivity contribution in [3.63, 3.8) is 0 Å². The van der Waals surface area contributed by atoms with Crippen molar-refractivity contribution in [3.05, 3.63) is 83.2 Å². The summed E-state index contributed by atoms with van der Waals surface area (Å²) >= 11 is 5.87. The van der Waals surface area contributed by atoms with Crippen molar-refractivity contribution in [1.82, 2.24) is 20.4 Å². The number of benzene rings is 2. The number of amides is 1. The minimum Gasteiger partial charge on any atom is -0.382 e. The quantitative estimate of drug-likeness (QED) is 0.395. The Labute approximate surface area is 218 Å². The van der Waals surface area contributed by atoms with Crippen LogP contribution in [-0.2, 0) is 14.3 Å². The van der Waals surface area contributed by atoms with Crippen molar-refractivity contribution in [2.24, 2.45) is 0 Å². The molecule has 3 heterocycles. The Morgan fingerprint density at radius 1 is 1.06 bits per heavy atom. The maximum atomic E-state index is 14.3. The van der Waals surface area contributed by atoms with Gasteiger partial charge in [0.1, 0.15) is 12.0 Å². The maximum Gasteiger partial charge on any atom is 0.257 e. The first-order valence-electron chi connectivity index (χ1n) is 12.9. The molecule has 3 aliphatic rings. The normalized spacial score (nSPS) is 24.0. The fraction of sp³-hybridized carbons (Fsp3) is 0.429. The van der Waals surface area contributed by atoms with E-state index in [-0.39, 0.29) is 24.2 Å². The second kappa shape index (κ2) is 11.4. The standard InChI is InChI=1S/C28H34N4O3S/c1-2-34-17-10-16-31-25(21-13-7-4-8-14-21)30-26-23(27(31)33)24(20-11-5-3-6-12-20)29-28(36)32(26)19-22-15-9-18-35-22/h3-8,11-14,22,24-25,30H,2,9-10,15-19H2,1H3,(H,29,36)/t22-,24+,25+/m1/s1. The molecule has 7 nitrogen and oxygen atoms in total. The summed E-state index contributed by atoms with van der Waals surface area (Å²) in [6.45, 7) is 5.23. The first kappa shape index (κ1) is 24.7. The molecule has 36 heavy (non-hydrogen) atoms. The van der Waals surface area contributed by atoms with Gasteiger partial charge in [0, 0.05) is 26.4 Å². The molecular weight excluding hydrogens is 472 g/mol. The van der Waals surface area contributed by atoms with Crippen LogP contribution in [0.25, 0.3) is 0 Å². The van der Waals surface area contributed by atoms with Gasteiger partial charge < -0.3 is 29.9 Å². The van der Waals surface area contributed by atoms with E-state index in [1.54, 1.807) is 0 Å². The first-order chi connectivity index (χ1) is 17.7. The topological polar surface area (TPSA) is 66.1 Å². The highest BCUT2D eigenvalue weighted by molar-refractivity contribution is 7.80. The molecule has 2 aromatic rings. The second-order valence-corrected chi connectivity index (χ2v) is 9.69. The van der Waals surface area contributed by atoms with Crippen molar-refractivity contribution < 1.29 is 14.3 Å². The highest BCUT2D eigenvalue weighted by atomic mass is 32.1. The Morgan fingerprint density at radius 2 is 1.78 bits per heavy atom. The van der Waals surface area contributed by atoms with Crippen LogP contribution in [0, 0.1) is 0 Å². The highest BCUT2D eigenvalue weighted by Crippen LogP contribution is 2.38. The maximum absolute atomic E-state index is 14.3. The van der Waals surface area contributed by atoms with E-state index in [1.165, 1.54) is 0 Å². The fourth-order valence-corrected chi connectivity index (χ4v) is 5.47. The predicted molar refractivity (Wildman–Crippen MR) is 143 cm³/mol. The summed E-state index contributed by atoms with van der Waals surface area (Å²) in [5.41, 5.74) is 2.73. The van der Waals surface area contributed by atoms with E-state index < -0.39 is 0 Å². The number of ether oxygens (including phenoxy) is 2. The minimum absolute atomic E-state index is 0.00953. The van der Waals surface area contributed by atoms with E-state index in [4.69, 9.17) is 21.7 Å². The van der Waals surface area contributed by atoms with Crippen LogP contribution < -0.4 is 10.6 Å². The molecule has 0 spiro atoms. The number of carbonyl (C=O) groups excluding carboxylic acids is 1. The van der Waals surface area contributed by atoms with Crippen molar-refractivity contribution in [2.45, 2.75) is 44.5 Å². The molecular formula is C28H34N4O3S. The number of rotatable bonds is 9. The van der Waals surface area contributed by atoms with Crippen LogP contribution in [0.2, 0.25) is 0 Å². The molecule has 1 fully saturated rings. The highest BCUT2D eigenvalue weighted by Gasteiger charge is 2.44. The molecule has 0 bridgehead atoms. The molecule has 0 aliphatic carbocycles. The lowest BCUT2D eigenvalue weighted by Crippen LogP contribution is -2.60. The number of carbonyl (C=O) groups is 1. The average Bonchev–Trinajstić information content (AvgIpc) is 3.43. The van der Waals surface area contributed by atoms with Gasteiger partial charge in [-0.3, -0.25) is 4.79 Å². The molecule has 3 atom stereocenters. The number of hydrogen-bond acceptors (Lipinski definition) is 5. The lowest BCUT2D eigenvalue weighted by atomic mass is 9.92. The molecule has 0 saturated carbocycles. The molecule has 0 radical (unpaired) electrons. The number of nitrogens with zero attached hydrogens (tertiary/aromatic N) is 2. The average molecular weight is 507 g/mol. The Kier molecular flexibility index (Phi) is 7.84. The van der Waals surface area contributed by atoms with Crippen LogP contribution in [0.3, 0.4) is 0 Å². The van der Waals surface area contributed by atoms with Gasteiger partial charge in [-0.2, -0.15) is 0 Å². The smallest absolute Gasteiger partial charge is 0.257 e. The van der Waals surface area contributed by atoms with Gasteiger partial charge in [0.2, 0.25) is 0 Å². The molecule has 2 N–H and O–H groups in total. The first-order valence-corrected chi connectivity index (χ1v) is 13.3. The summed E-state index contributed by atoms with van der Waals surface area (Å²) < 4.78 is 11.5. The lowest BCUT2D eigenvalue weighted by Gasteiger charge is -2.47. The molecule has 8 heteroatoms. The summed E-state index contributed by atoms with van der Waals surface area (Å²) in [5.74, 6) is 0.790. The van der Waals surface area contributed by atoms with E-state index in [0.29, 0.717) is 37.0 Å². The molecule has 190 valence electrons. The van der Waals surface area contributed by atoms with Gasteiger partial charge in [0.05, 0.1) is 24.3 Å². The molecule has 0 aromatic heterocycles. The SMILES string of the molecule is CCOCCCN1C(=O)C2=C(N[C@@H]1c1ccccc1)N(C[C@H]1CCCO1)C(=S)N[C@H]2c1ccccc1. The molecule has 0 unspecified atom stereocenters. The summed E-state index contributed by atoms with van der Waals surface area (Å²) in [5, 5.41) is 7.81.